The van der Waals surface area contributed by atoms with Crippen LogP contribution in [-0.2, 0) is 16.4 Å². The first-order valence-corrected chi connectivity index (χ1v) is 10.2. The van der Waals surface area contributed by atoms with Gasteiger partial charge in [-0.25, -0.2) is 13.1 Å². The first-order valence-electron chi connectivity index (χ1n) is 6.70. The summed E-state index contributed by atoms with van der Waals surface area (Å²) in [7, 11) is -3.36. The van der Waals surface area contributed by atoms with E-state index in [2.05, 4.69) is 9.62 Å². The molecule has 1 saturated heterocycles. The average molecular weight is 336 g/mol. The molecule has 0 bridgehead atoms. The number of sulfonamides is 1. The number of thiophene rings is 1. The van der Waals surface area contributed by atoms with Crippen molar-refractivity contribution in [3.8, 4) is 0 Å². The lowest BCUT2D eigenvalue weighted by molar-refractivity contribution is 0.307. The summed E-state index contributed by atoms with van der Waals surface area (Å²) in [5, 5.41) is 0. The Morgan fingerprint density at radius 3 is 2.75 bits per heavy atom. The smallest absolute Gasteiger partial charge is 0.250 e. The highest BCUT2D eigenvalue weighted by Gasteiger charge is 2.17. The maximum absolute atomic E-state index is 12.1. The Labute approximate surface area is 129 Å². The molecular weight excluding hydrogens is 314 g/mol. The Bertz CT molecular complexity index is 510. The zero-order chi connectivity index (χ0) is 14.4. The standard InChI is InChI=1S/C12H21N3O2S3/c13-4-3-11-1-2-12(19-11)20(16,17)14-5-6-15-7-9-18-10-8-15/h1-2,14H,3-10,13H2. The van der Waals surface area contributed by atoms with Crippen LogP contribution in [0.2, 0.25) is 0 Å². The van der Waals surface area contributed by atoms with Gasteiger partial charge in [0, 0.05) is 42.6 Å². The summed E-state index contributed by atoms with van der Waals surface area (Å²) >= 11 is 3.26. The third-order valence-corrected chi connectivity index (χ3v) is 7.16. The van der Waals surface area contributed by atoms with Gasteiger partial charge in [-0.2, -0.15) is 11.8 Å². The van der Waals surface area contributed by atoms with Gasteiger partial charge in [-0.15, -0.1) is 11.3 Å². The number of nitrogens with zero attached hydrogens (tertiary/aromatic N) is 1. The van der Waals surface area contributed by atoms with Crippen molar-refractivity contribution in [2.24, 2.45) is 5.73 Å². The molecule has 1 aliphatic rings. The van der Waals surface area contributed by atoms with Crippen molar-refractivity contribution in [2.75, 3.05) is 44.2 Å². The predicted molar refractivity (Wildman–Crippen MR) is 86.0 cm³/mol. The molecule has 114 valence electrons. The molecule has 0 amide bonds. The summed E-state index contributed by atoms with van der Waals surface area (Å²) in [4.78, 5) is 3.31. The second-order valence-corrected chi connectivity index (χ2v) is 9.00. The highest BCUT2D eigenvalue weighted by molar-refractivity contribution is 7.99. The van der Waals surface area contributed by atoms with Gasteiger partial charge in [0.1, 0.15) is 4.21 Å². The largest absolute Gasteiger partial charge is 0.330 e. The van der Waals surface area contributed by atoms with Gasteiger partial charge >= 0.3 is 0 Å². The summed E-state index contributed by atoms with van der Waals surface area (Å²) in [6.07, 6.45) is 0.728. The molecule has 1 aromatic heterocycles. The van der Waals surface area contributed by atoms with Gasteiger partial charge in [0.15, 0.2) is 0 Å². The fourth-order valence-corrected chi connectivity index (χ4v) is 5.43. The van der Waals surface area contributed by atoms with Gasteiger partial charge in [0.25, 0.3) is 0 Å². The van der Waals surface area contributed by atoms with Crippen LogP contribution in [0, 0.1) is 0 Å². The van der Waals surface area contributed by atoms with Gasteiger partial charge in [-0.05, 0) is 25.1 Å². The molecule has 2 rings (SSSR count). The van der Waals surface area contributed by atoms with Crippen LogP contribution < -0.4 is 10.5 Å². The van der Waals surface area contributed by atoms with E-state index in [0.717, 1.165) is 42.4 Å². The molecule has 0 aliphatic carbocycles. The zero-order valence-electron chi connectivity index (χ0n) is 11.4. The van der Waals surface area contributed by atoms with Crippen molar-refractivity contribution in [1.82, 2.24) is 9.62 Å². The molecule has 0 saturated carbocycles. The molecule has 20 heavy (non-hydrogen) atoms. The van der Waals surface area contributed by atoms with Crippen molar-refractivity contribution < 1.29 is 8.42 Å². The summed E-state index contributed by atoms with van der Waals surface area (Å²) in [6, 6.07) is 3.50. The molecule has 5 nitrogen and oxygen atoms in total. The minimum absolute atomic E-state index is 0.384. The van der Waals surface area contributed by atoms with E-state index in [-0.39, 0.29) is 0 Å². The van der Waals surface area contributed by atoms with Crippen LogP contribution in [0.1, 0.15) is 4.88 Å². The molecule has 0 unspecified atom stereocenters. The normalized spacial score (nSPS) is 17.4. The lowest BCUT2D eigenvalue weighted by atomic mass is 10.3. The molecule has 2 heterocycles. The van der Waals surface area contributed by atoms with Gasteiger partial charge in [-0.3, -0.25) is 0 Å². The fourth-order valence-electron chi connectivity index (χ4n) is 2.01. The first kappa shape index (κ1) is 16.3. The predicted octanol–water partition coefficient (Wildman–Crippen LogP) is 0.576. The quantitative estimate of drug-likeness (QED) is 0.762. The molecule has 0 radical (unpaired) electrons. The van der Waals surface area contributed by atoms with Crippen LogP contribution in [0.5, 0.6) is 0 Å². The Morgan fingerprint density at radius 2 is 2.05 bits per heavy atom. The van der Waals surface area contributed by atoms with Gasteiger partial charge < -0.3 is 10.6 Å². The second-order valence-electron chi connectivity index (χ2n) is 4.61. The maximum atomic E-state index is 12.1. The zero-order valence-corrected chi connectivity index (χ0v) is 13.8. The summed E-state index contributed by atoms with van der Waals surface area (Å²) in [5.41, 5.74) is 5.48. The lowest BCUT2D eigenvalue weighted by Gasteiger charge is -2.25. The molecule has 0 aromatic carbocycles. The molecule has 3 N–H and O–H groups in total. The van der Waals surface area contributed by atoms with Crippen LogP contribution in [0.15, 0.2) is 16.3 Å². The van der Waals surface area contributed by atoms with E-state index in [4.69, 9.17) is 5.73 Å². The number of nitrogens with one attached hydrogen (secondary N) is 1. The van der Waals surface area contributed by atoms with Gasteiger partial charge in [0.05, 0.1) is 0 Å². The molecule has 0 spiro atoms. The minimum Gasteiger partial charge on any atom is -0.330 e. The first-order chi connectivity index (χ1) is 9.62. The number of hydrogen-bond donors (Lipinski definition) is 2. The van der Waals surface area contributed by atoms with Crippen molar-refractivity contribution >= 4 is 33.1 Å². The van der Waals surface area contributed by atoms with E-state index in [1.807, 2.05) is 17.8 Å². The Morgan fingerprint density at radius 1 is 1.30 bits per heavy atom. The van der Waals surface area contributed by atoms with E-state index >= 15 is 0 Å². The second kappa shape index (κ2) is 7.77. The van der Waals surface area contributed by atoms with E-state index in [1.54, 1.807) is 6.07 Å². The monoisotopic (exact) mass is 335 g/mol. The highest BCUT2D eigenvalue weighted by atomic mass is 32.2. The lowest BCUT2D eigenvalue weighted by Crippen LogP contribution is -2.39. The number of thioether (sulfide) groups is 1. The van der Waals surface area contributed by atoms with Crippen LogP contribution in [0.3, 0.4) is 0 Å². The summed E-state index contributed by atoms with van der Waals surface area (Å²) < 4.78 is 27.3. The SMILES string of the molecule is NCCc1ccc(S(=O)(=O)NCCN2CCSCC2)s1. The molecule has 1 fully saturated rings. The molecule has 1 aromatic rings. The number of rotatable bonds is 7. The third-order valence-electron chi connectivity index (χ3n) is 3.12. The summed E-state index contributed by atoms with van der Waals surface area (Å²) in [6.45, 7) is 3.89. The van der Waals surface area contributed by atoms with Crippen LogP contribution >= 0.6 is 23.1 Å². The van der Waals surface area contributed by atoms with E-state index in [9.17, 15) is 8.42 Å². The van der Waals surface area contributed by atoms with Gasteiger partial charge in [-0.1, -0.05) is 0 Å². The highest BCUT2D eigenvalue weighted by Crippen LogP contribution is 2.21. The summed E-state index contributed by atoms with van der Waals surface area (Å²) in [5.74, 6) is 2.28. The fraction of sp³-hybridized carbons (Fsp3) is 0.667. The maximum Gasteiger partial charge on any atom is 0.250 e. The molecular formula is C12H21N3O2S3. The van der Waals surface area contributed by atoms with E-state index in [1.165, 1.54) is 11.3 Å². The van der Waals surface area contributed by atoms with E-state index < -0.39 is 10.0 Å². The van der Waals surface area contributed by atoms with Crippen molar-refractivity contribution in [2.45, 2.75) is 10.6 Å². The van der Waals surface area contributed by atoms with Crippen molar-refractivity contribution in [3.63, 3.8) is 0 Å². The molecule has 0 atom stereocenters. The average Bonchev–Trinajstić information content (AvgIpc) is 2.90. The van der Waals surface area contributed by atoms with Crippen molar-refractivity contribution in [3.05, 3.63) is 17.0 Å². The Hall–Kier alpha value is -0.120. The van der Waals surface area contributed by atoms with Crippen LogP contribution in [0.25, 0.3) is 0 Å². The number of hydrogen-bond acceptors (Lipinski definition) is 6. The van der Waals surface area contributed by atoms with Gasteiger partial charge in [0.2, 0.25) is 10.0 Å². The Balaban J connectivity index is 1.83. The van der Waals surface area contributed by atoms with Crippen molar-refractivity contribution in [1.29, 1.82) is 0 Å². The van der Waals surface area contributed by atoms with Crippen LogP contribution in [-0.4, -0.2) is 57.5 Å². The number of nitrogens with two attached hydrogens (primary N) is 1. The molecule has 8 heteroatoms. The van der Waals surface area contributed by atoms with Crippen LogP contribution in [0.4, 0.5) is 0 Å². The minimum atomic E-state index is -3.36. The Kier molecular flexibility index (Phi) is 6.31. The third kappa shape index (κ3) is 4.71. The molecule has 1 aliphatic heterocycles. The van der Waals surface area contributed by atoms with E-state index in [0.29, 0.717) is 17.3 Å². The topological polar surface area (TPSA) is 75.4 Å².